The van der Waals surface area contributed by atoms with Gasteiger partial charge in [0.15, 0.2) is 0 Å². The molecule has 4 rings (SSSR count). The standard InChI is InChI=1S/C20H24N6O2/c1-14(2)18-10-17(24-20-22-13-23-26(18)20)19(27)25(12-16-7-5-9-28-16)11-15-6-3-4-8-21-15/h3-4,6,8,10,13-14,16H,5,7,9,11-12H2,1-2H3. The second-order valence-corrected chi connectivity index (χ2v) is 7.33. The van der Waals surface area contributed by atoms with E-state index in [1.165, 1.54) is 6.33 Å². The van der Waals surface area contributed by atoms with Crippen LogP contribution < -0.4 is 0 Å². The summed E-state index contributed by atoms with van der Waals surface area (Å²) in [5.41, 5.74) is 2.11. The van der Waals surface area contributed by atoms with Crippen LogP contribution in [0.1, 0.15) is 54.5 Å². The molecule has 1 fully saturated rings. The lowest BCUT2D eigenvalue weighted by Crippen LogP contribution is -2.37. The van der Waals surface area contributed by atoms with Crippen LogP contribution in [0.25, 0.3) is 5.78 Å². The summed E-state index contributed by atoms with van der Waals surface area (Å²) in [6.45, 7) is 5.80. The third-order valence-electron chi connectivity index (χ3n) is 4.90. The summed E-state index contributed by atoms with van der Waals surface area (Å²) in [5, 5.41) is 4.22. The first-order chi connectivity index (χ1) is 13.6. The Morgan fingerprint density at radius 3 is 2.96 bits per heavy atom. The number of hydrogen-bond donors (Lipinski definition) is 0. The average Bonchev–Trinajstić information content (AvgIpc) is 3.38. The number of fused-ring (bicyclic) bond motifs is 1. The second-order valence-electron chi connectivity index (χ2n) is 7.33. The van der Waals surface area contributed by atoms with Crippen molar-refractivity contribution in [3.8, 4) is 0 Å². The lowest BCUT2D eigenvalue weighted by molar-refractivity contribution is 0.0500. The summed E-state index contributed by atoms with van der Waals surface area (Å²) in [7, 11) is 0. The first kappa shape index (κ1) is 18.5. The van der Waals surface area contributed by atoms with E-state index < -0.39 is 0 Å². The molecule has 146 valence electrons. The normalized spacial score (nSPS) is 16.8. The summed E-state index contributed by atoms with van der Waals surface area (Å²) in [6.07, 6.45) is 5.23. The molecule has 0 aromatic carbocycles. The number of carbonyl (C=O) groups is 1. The molecule has 3 aromatic heterocycles. The number of pyridine rings is 1. The van der Waals surface area contributed by atoms with Gasteiger partial charge in [-0.15, -0.1) is 0 Å². The molecule has 1 amide bonds. The SMILES string of the molecule is CC(C)c1cc(C(=O)N(Cc2ccccn2)CC2CCCO2)nc2ncnn12. The van der Waals surface area contributed by atoms with Gasteiger partial charge in [0.1, 0.15) is 12.0 Å². The Morgan fingerprint density at radius 2 is 2.25 bits per heavy atom. The number of hydrogen-bond acceptors (Lipinski definition) is 6. The van der Waals surface area contributed by atoms with Gasteiger partial charge in [-0.2, -0.15) is 10.1 Å². The Kier molecular flexibility index (Phi) is 5.29. The highest BCUT2D eigenvalue weighted by Crippen LogP contribution is 2.19. The van der Waals surface area contributed by atoms with Gasteiger partial charge in [-0.1, -0.05) is 19.9 Å². The zero-order valence-electron chi connectivity index (χ0n) is 16.2. The molecule has 8 nitrogen and oxygen atoms in total. The van der Waals surface area contributed by atoms with Gasteiger partial charge in [0, 0.05) is 19.3 Å². The van der Waals surface area contributed by atoms with Crippen molar-refractivity contribution in [2.75, 3.05) is 13.2 Å². The molecule has 1 atom stereocenters. The zero-order chi connectivity index (χ0) is 19.5. The van der Waals surface area contributed by atoms with Crippen molar-refractivity contribution in [1.82, 2.24) is 29.5 Å². The second kappa shape index (κ2) is 8.02. The van der Waals surface area contributed by atoms with Crippen LogP contribution in [0.4, 0.5) is 0 Å². The number of nitrogens with zero attached hydrogens (tertiary/aromatic N) is 6. The maximum atomic E-state index is 13.4. The van der Waals surface area contributed by atoms with Crippen molar-refractivity contribution in [3.05, 3.63) is 53.9 Å². The first-order valence-electron chi connectivity index (χ1n) is 9.63. The molecule has 28 heavy (non-hydrogen) atoms. The van der Waals surface area contributed by atoms with E-state index >= 15 is 0 Å². The van der Waals surface area contributed by atoms with Crippen LogP contribution in [0.3, 0.4) is 0 Å². The van der Waals surface area contributed by atoms with Crippen LogP contribution >= 0.6 is 0 Å². The van der Waals surface area contributed by atoms with E-state index in [9.17, 15) is 4.79 Å². The van der Waals surface area contributed by atoms with Crippen LogP contribution in [-0.4, -0.2) is 54.6 Å². The van der Waals surface area contributed by atoms with E-state index in [4.69, 9.17) is 4.74 Å². The fourth-order valence-electron chi connectivity index (χ4n) is 3.46. The minimum absolute atomic E-state index is 0.0501. The molecule has 8 heteroatoms. The van der Waals surface area contributed by atoms with Gasteiger partial charge < -0.3 is 9.64 Å². The van der Waals surface area contributed by atoms with Crippen molar-refractivity contribution in [2.24, 2.45) is 0 Å². The summed E-state index contributed by atoms with van der Waals surface area (Å²) < 4.78 is 7.45. The van der Waals surface area contributed by atoms with E-state index in [-0.39, 0.29) is 17.9 Å². The Labute approximate surface area is 163 Å². The predicted molar refractivity (Wildman–Crippen MR) is 103 cm³/mol. The third kappa shape index (κ3) is 3.87. The summed E-state index contributed by atoms with van der Waals surface area (Å²) >= 11 is 0. The van der Waals surface area contributed by atoms with E-state index in [0.29, 0.717) is 24.6 Å². The van der Waals surface area contributed by atoms with E-state index in [1.54, 1.807) is 15.6 Å². The number of ether oxygens (including phenoxy) is 1. The van der Waals surface area contributed by atoms with Gasteiger partial charge in [0.05, 0.1) is 24.0 Å². The fraction of sp³-hybridized carbons (Fsp3) is 0.450. The van der Waals surface area contributed by atoms with Crippen LogP contribution in [0, 0.1) is 0 Å². The fourth-order valence-corrected chi connectivity index (χ4v) is 3.46. The van der Waals surface area contributed by atoms with Gasteiger partial charge in [-0.25, -0.2) is 9.50 Å². The van der Waals surface area contributed by atoms with Crippen LogP contribution in [0.15, 0.2) is 36.8 Å². The molecule has 0 spiro atoms. The van der Waals surface area contributed by atoms with Crippen LogP contribution in [-0.2, 0) is 11.3 Å². The zero-order valence-corrected chi connectivity index (χ0v) is 16.2. The van der Waals surface area contributed by atoms with Crippen molar-refractivity contribution < 1.29 is 9.53 Å². The maximum absolute atomic E-state index is 13.4. The monoisotopic (exact) mass is 380 g/mol. The van der Waals surface area contributed by atoms with Gasteiger partial charge in [0.2, 0.25) is 0 Å². The van der Waals surface area contributed by atoms with Crippen molar-refractivity contribution >= 4 is 11.7 Å². The third-order valence-corrected chi connectivity index (χ3v) is 4.90. The number of amides is 1. The van der Waals surface area contributed by atoms with Crippen molar-refractivity contribution in [2.45, 2.75) is 45.3 Å². The summed E-state index contributed by atoms with van der Waals surface area (Å²) in [5.74, 6) is 0.471. The van der Waals surface area contributed by atoms with Gasteiger partial charge in [-0.05, 0) is 37.0 Å². The Balaban J connectivity index is 1.66. The molecule has 0 bridgehead atoms. The molecule has 3 aromatic rings. The molecule has 0 N–H and O–H groups in total. The smallest absolute Gasteiger partial charge is 0.273 e. The molecule has 4 heterocycles. The molecule has 0 radical (unpaired) electrons. The number of rotatable bonds is 6. The van der Waals surface area contributed by atoms with E-state index in [1.807, 2.05) is 24.3 Å². The molecule has 0 aliphatic carbocycles. The maximum Gasteiger partial charge on any atom is 0.273 e. The van der Waals surface area contributed by atoms with Crippen LogP contribution in [0.5, 0.6) is 0 Å². The highest BCUT2D eigenvalue weighted by atomic mass is 16.5. The molecular weight excluding hydrogens is 356 g/mol. The molecule has 1 aliphatic rings. The quantitative estimate of drug-likeness (QED) is 0.653. The van der Waals surface area contributed by atoms with Crippen molar-refractivity contribution in [1.29, 1.82) is 0 Å². The number of carbonyl (C=O) groups excluding carboxylic acids is 1. The molecule has 1 aliphatic heterocycles. The average molecular weight is 380 g/mol. The minimum Gasteiger partial charge on any atom is -0.376 e. The Morgan fingerprint density at radius 1 is 1.36 bits per heavy atom. The van der Waals surface area contributed by atoms with E-state index in [0.717, 1.165) is 30.8 Å². The Bertz CT molecular complexity index is 950. The summed E-state index contributed by atoms with van der Waals surface area (Å²) in [6, 6.07) is 7.53. The van der Waals surface area contributed by atoms with Gasteiger partial charge in [0.25, 0.3) is 11.7 Å². The minimum atomic E-state index is -0.145. The topological polar surface area (TPSA) is 85.5 Å². The first-order valence-corrected chi connectivity index (χ1v) is 9.63. The molecular formula is C20H24N6O2. The molecule has 1 unspecified atom stereocenters. The lowest BCUT2D eigenvalue weighted by atomic mass is 10.1. The highest BCUT2D eigenvalue weighted by molar-refractivity contribution is 5.92. The van der Waals surface area contributed by atoms with Gasteiger partial charge in [-0.3, -0.25) is 9.78 Å². The summed E-state index contributed by atoms with van der Waals surface area (Å²) in [4.78, 5) is 28.2. The molecule has 1 saturated heterocycles. The largest absolute Gasteiger partial charge is 0.376 e. The van der Waals surface area contributed by atoms with Crippen LogP contribution in [0.2, 0.25) is 0 Å². The van der Waals surface area contributed by atoms with Gasteiger partial charge >= 0.3 is 0 Å². The number of aromatic nitrogens is 5. The van der Waals surface area contributed by atoms with Crippen molar-refractivity contribution in [3.63, 3.8) is 0 Å². The molecule has 0 saturated carbocycles. The predicted octanol–water partition coefficient (Wildman–Crippen LogP) is 2.46. The lowest BCUT2D eigenvalue weighted by Gasteiger charge is -2.25. The highest BCUT2D eigenvalue weighted by Gasteiger charge is 2.26. The Hall–Kier alpha value is -2.87. The van der Waals surface area contributed by atoms with E-state index in [2.05, 4.69) is 33.9 Å².